The Morgan fingerprint density at radius 2 is 1.84 bits per heavy atom. The Bertz CT molecular complexity index is 1090. The Balaban J connectivity index is 1.42. The number of hydrogen-bond acceptors (Lipinski definition) is 4. The van der Waals surface area contributed by atoms with Crippen molar-refractivity contribution in [1.82, 2.24) is 5.32 Å². The number of amides is 3. The van der Waals surface area contributed by atoms with Gasteiger partial charge in [0.25, 0.3) is 5.91 Å². The van der Waals surface area contributed by atoms with Gasteiger partial charge in [-0.3, -0.25) is 14.4 Å². The number of anilines is 2. The Morgan fingerprint density at radius 1 is 1.06 bits per heavy atom. The molecule has 2 heterocycles. The van der Waals surface area contributed by atoms with Gasteiger partial charge in [-0.05, 0) is 43.3 Å². The molecule has 0 spiro atoms. The molecule has 31 heavy (non-hydrogen) atoms. The third-order valence-corrected chi connectivity index (χ3v) is 5.27. The lowest BCUT2D eigenvalue weighted by molar-refractivity contribution is -0.122. The average Bonchev–Trinajstić information content (AvgIpc) is 3.43. The van der Waals surface area contributed by atoms with Crippen molar-refractivity contribution in [2.45, 2.75) is 19.9 Å². The summed E-state index contributed by atoms with van der Waals surface area (Å²) in [6.07, 6.45) is 1.67. The highest BCUT2D eigenvalue weighted by Crippen LogP contribution is 2.27. The number of carbonyl (C=O) groups excluding carboxylic acids is 3. The minimum atomic E-state index is -0.493. The summed E-state index contributed by atoms with van der Waals surface area (Å²) in [5.41, 5.74) is 2.64. The van der Waals surface area contributed by atoms with Crippen molar-refractivity contribution in [3.8, 4) is 0 Å². The van der Waals surface area contributed by atoms with Crippen LogP contribution in [0.1, 0.15) is 28.1 Å². The minimum Gasteiger partial charge on any atom is -0.467 e. The first-order chi connectivity index (χ1) is 15.0. The number of benzene rings is 2. The van der Waals surface area contributed by atoms with E-state index < -0.39 is 5.92 Å². The van der Waals surface area contributed by atoms with Crippen molar-refractivity contribution in [1.29, 1.82) is 0 Å². The van der Waals surface area contributed by atoms with E-state index in [4.69, 9.17) is 4.42 Å². The van der Waals surface area contributed by atoms with Gasteiger partial charge >= 0.3 is 0 Å². The third kappa shape index (κ3) is 4.66. The van der Waals surface area contributed by atoms with E-state index in [9.17, 15) is 14.4 Å². The number of rotatable bonds is 6. The van der Waals surface area contributed by atoms with Gasteiger partial charge in [-0.25, -0.2) is 0 Å². The minimum absolute atomic E-state index is 0.0894. The van der Waals surface area contributed by atoms with Gasteiger partial charge in [-0.1, -0.05) is 29.8 Å². The molecule has 1 aromatic heterocycles. The Labute approximate surface area is 180 Å². The van der Waals surface area contributed by atoms with Crippen molar-refractivity contribution in [3.05, 3.63) is 83.8 Å². The number of furan rings is 1. The van der Waals surface area contributed by atoms with E-state index in [1.54, 1.807) is 47.6 Å². The van der Waals surface area contributed by atoms with Crippen molar-refractivity contribution < 1.29 is 18.8 Å². The van der Waals surface area contributed by atoms with E-state index in [-0.39, 0.29) is 30.7 Å². The van der Waals surface area contributed by atoms with Crippen LogP contribution in [0, 0.1) is 12.8 Å². The van der Waals surface area contributed by atoms with Crippen LogP contribution in [0.5, 0.6) is 0 Å². The first-order valence-electron chi connectivity index (χ1n) is 10.1. The van der Waals surface area contributed by atoms with E-state index in [2.05, 4.69) is 10.6 Å². The molecule has 2 aromatic carbocycles. The summed E-state index contributed by atoms with van der Waals surface area (Å²) in [5, 5.41) is 5.60. The lowest BCUT2D eigenvalue weighted by Crippen LogP contribution is -2.29. The maximum Gasteiger partial charge on any atom is 0.253 e. The summed E-state index contributed by atoms with van der Waals surface area (Å²) in [5.74, 6) is -0.553. The molecule has 0 unspecified atom stereocenters. The standard InChI is InChI=1S/C24H23N3O4/c1-16-8-10-18(11-9-16)27-15-17(13-22(27)28)23(29)26-21-7-3-2-6-20(21)24(30)25-14-19-5-4-12-31-19/h2-12,17H,13-15H2,1H3,(H,25,30)(H,26,29)/t17-/m1/s1. The lowest BCUT2D eigenvalue weighted by atomic mass is 10.1. The van der Waals surface area contributed by atoms with E-state index in [1.165, 1.54) is 0 Å². The number of para-hydroxylation sites is 1. The molecule has 1 aliphatic heterocycles. The SMILES string of the molecule is Cc1ccc(N2C[C@H](C(=O)Nc3ccccc3C(=O)NCc3ccco3)CC2=O)cc1. The molecule has 1 aliphatic rings. The summed E-state index contributed by atoms with van der Waals surface area (Å²) in [4.78, 5) is 39.6. The van der Waals surface area contributed by atoms with Crippen LogP contribution < -0.4 is 15.5 Å². The molecule has 1 fully saturated rings. The third-order valence-electron chi connectivity index (χ3n) is 5.27. The molecule has 0 saturated carbocycles. The van der Waals surface area contributed by atoms with Crippen LogP contribution in [0.4, 0.5) is 11.4 Å². The van der Waals surface area contributed by atoms with Gasteiger partial charge in [0.2, 0.25) is 11.8 Å². The van der Waals surface area contributed by atoms with Crippen molar-refractivity contribution in [2.75, 3.05) is 16.8 Å². The molecule has 1 atom stereocenters. The van der Waals surface area contributed by atoms with Crippen LogP contribution in [0.3, 0.4) is 0 Å². The lowest BCUT2D eigenvalue weighted by Gasteiger charge is -2.17. The number of nitrogens with zero attached hydrogens (tertiary/aromatic N) is 1. The largest absolute Gasteiger partial charge is 0.467 e. The zero-order valence-electron chi connectivity index (χ0n) is 17.1. The van der Waals surface area contributed by atoms with Gasteiger partial charge in [-0.2, -0.15) is 0 Å². The van der Waals surface area contributed by atoms with Crippen LogP contribution in [0.25, 0.3) is 0 Å². The topological polar surface area (TPSA) is 91.7 Å². The van der Waals surface area contributed by atoms with E-state index in [0.717, 1.165) is 11.3 Å². The number of carbonyl (C=O) groups is 3. The molecule has 3 amide bonds. The van der Waals surface area contributed by atoms with Gasteiger partial charge in [0.05, 0.1) is 30.0 Å². The second-order valence-corrected chi connectivity index (χ2v) is 7.54. The molecule has 7 nitrogen and oxygen atoms in total. The van der Waals surface area contributed by atoms with Gasteiger partial charge in [-0.15, -0.1) is 0 Å². The second-order valence-electron chi connectivity index (χ2n) is 7.54. The van der Waals surface area contributed by atoms with E-state index >= 15 is 0 Å². The highest BCUT2D eigenvalue weighted by Gasteiger charge is 2.35. The van der Waals surface area contributed by atoms with Crippen molar-refractivity contribution in [3.63, 3.8) is 0 Å². The fourth-order valence-electron chi connectivity index (χ4n) is 3.56. The number of hydrogen-bond donors (Lipinski definition) is 2. The van der Waals surface area contributed by atoms with Crippen LogP contribution in [0.2, 0.25) is 0 Å². The first-order valence-corrected chi connectivity index (χ1v) is 10.1. The molecule has 7 heteroatoms. The highest BCUT2D eigenvalue weighted by atomic mass is 16.3. The maximum absolute atomic E-state index is 12.9. The highest BCUT2D eigenvalue weighted by molar-refractivity contribution is 6.07. The Morgan fingerprint density at radius 3 is 2.58 bits per heavy atom. The average molecular weight is 417 g/mol. The van der Waals surface area contributed by atoms with Crippen LogP contribution in [0.15, 0.2) is 71.3 Å². The van der Waals surface area contributed by atoms with Crippen molar-refractivity contribution >= 4 is 29.1 Å². The van der Waals surface area contributed by atoms with E-state index in [0.29, 0.717) is 23.6 Å². The molecule has 2 N–H and O–H groups in total. The second kappa shape index (κ2) is 8.87. The van der Waals surface area contributed by atoms with Crippen LogP contribution in [-0.4, -0.2) is 24.3 Å². The Hall–Kier alpha value is -3.87. The van der Waals surface area contributed by atoms with Gasteiger partial charge in [0.1, 0.15) is 5.76 Å². The summed E-state index contributed by atoms with van der Waals surface area (Å²) in [6, 6.07) is 18.0. The molecule has 1 saturated heterocycles. The molecule has 158 valence electrons. The first kappa shape index (κ1) is 20.4. The molecule has 4 rings (SSSR count). The smallest absolute Gasteiger partial charge is 0.253 e. The molecular formula is C24H23N3O4. The monoisotopic (exact) mass is 417 g/mol. The summed E-state index contributed by atoms with van der Waals surface area (Å²) in [6.45, 7) is 2.53. The van der Waals surface area contributed by atoms with Crippen molar-refractivity contribution in [2.24, 2.45) is 5.92 Å². The Kier molecular flexibility index (Phi) is 5.84. The summed E-state index contributed by atoms with van der Waals surface area (Å²) >= 11 is 0. The quantitative estimate of drug-likeness (QED) is 0.642. The predicted octanol–water partition coefficient (Wildman–Crippen LogP) is 3.51. The molecular weight excluding hydrogens is 394 g/mol. The maximum atomic E-state index is 12.9. The van der Waals surface area contributed by atoms with Crippen LogP contribution in [-0.2, 0) is 16.1 Å². The predicted molar refractivity (Wildman–Crippen MR) is 117 cm³/mol. The van der Waals surface area contributed by atoms with Crippen LogP contribution >= 0.6 is 0 Å². The molecule has 0 aliphatic carbocycles. The summed E-state index contributed by atoms with van der Waals surface area (Å²) < 4.78 is 5.22. The van der Waals surface area contributed by atoms with Gasteiger partial charge < -0.3 is 20.0 Å². The van der Waals surface area contributed by atoms with Gasteiger partial charge in [0, 0.05) is 18.7 Å². The molecule has 0 radical (unpaired) electrons. The van der Waals surface area contributed by atoms with Gasteiger partial charge in [0.15, 0.2) is 0 Å². The fraction of sp³-hybridized carbons (Fsp3) is 0.208. The molecule has 3 aromatic rings. The summed E-state index contributed by atoms with van der Waals surface area (Å²) in [7, 11) is 0. The zero-order chi connectivity index (χ0) is 21.8. The number of aryl methyl sites for hydroxylation is 1. The van der Waals surface area contributed by atoms with E-state index in [1.807, 2.05) is 31.2 Å². The fourth-order valence-corrected chi connectivity index (χ4v) is 3.56. The molecule has 0 bridgehead atoms. The number of nitrogens with one attached hydrogen (secondary N) is 2. The normalized spacial score (nSPS) is 15.7. The zero-order valence-corrected chi connectivity index (χ0v) is 17.1.